The molecule has 0 amide bonds. The molecule has 0 saturated carbocycles. The topological polar surface area (TPSA) is 86.2 Å². The van der Waals surface area contributed by atoms with E-state index in [1.165, 1.54) is 12.1 Å². The minimum absolute atomic E-state index is 0.0285. The van der Waals surface area contributed by atoms with Crippen LogP contribution in [0.2, 0.25) is 0 Å². The predicted octanol–water partition coefficient (Wildman–Crippen LogP) is 1.36. The molecule has 84 valence electrons. The molecule has 1 aliphatic carbocycles. The molecule has 2 N–H and O–H groups in total. The van der Waals surface area contributed by atoms with E-state index in [4.69, 9.17) is 5.73 Å². The summed E-state index contributed by atoms with van der Waals surface area (Å²) in [5.41, 5.74) is 7.69. The van der Waals surface area contributed by atoms with Gasteiger partial charge in [0.1, 0.15) is 6.29 Å². The minimum atomic E-state index is -0.447. The largest absolute Gasteiger partial charge is 0.323 e. The molecule has 1 aliphatic rings. The second-order valence-corrected chi connectivity index (χ2v) is 4.00. The number of nitrogens with two attached hydrogens (primary N) is 1. The van der Waals surface area contributed by atoms with Crippen molar-refractivity contribution >= 4 is 12.0 Å². The zero-order valence-electron chi connectivity index (χ0n) is 8.63. The summed E-state index contributed by atoms with van der Waals surface area (Å²) in [5.74, 6) is -0.227. The number of fused-ring (bicyclic) bond motifs is 1. The molecule has 0 bridgehead atoms. The number of hydrogen-bond donors (Lipinski definition) is 1. The molecule has 0 heterocycles. The van der Waals surface area contributed by atoms with Crippen LogP contribution in [0.15, 0.2) is 18.2 Å². The third-order valence-corrected chi connectivity index (χ3v) is 3.08. The van der Waals surface area contributed by atoms with Crippen LogP contribution in [0.3, 0.4) is 0 Å². The van der Waals surface area contributed by atoms with Crippen molar-refractivity contribution in [2.24, 2.45) is 11.7 Å². The average Bonchev–Trinajstić information content (AvgIpc) is 2.29. The highest BCUT2D eigenvalue weighted by atomic mass is 16.6. The van der Waals surface area contributed by atoms with E-state index >= 15 is 0 Å². The molecule has 0 aromatic heterocycles. The fraction of sp³-hybridized carbons (Fsp3) is 0.364. The van der Waals surface area contributed by atoms with Gasteiger partial charge in [-0.3, -0.25) is 10.1 Å². The zero-order chi connectivity index (χ0) is 11.7. The van der Waals surface area contributed by atoms with Gasteiger partial charge in [-0.25, -0.2) is 0 Å². The van der Waals surface area contributed by atoms with E-state index in [1.807, 2.05) is 0 Å². The Labute approximate surface area is 92.4 Å². The second-order valence-electron chi connectivity index (χ2n) is 4.00. The van der Waals surface area contributed by atoms with Crippen LogP contribution in [0.1, 0.15) is 23.6 Å². The van der Waals surface area contributed by atoms with Gasteiger partial charge in [-0.2, -0.15) is 0 Å². The van der Waals surface area contributed by atoms with Gasteiger partial charge >= 0.3 is 0 Å². The molecular formula is C11H12N2O3. The van der Waals surface area contributed by atoms with Gasteiger partial charge in [0, 0.05) is 24.1 Å². The summed E-state index contributed by atoms with van der Waals surface area (Å²) in [6.45, 7) is 0. The van der Waals surface area contributed by atoms with Gasteiger partial charge in [0.15, 0.2) is 0 Å². The molecule has 0 aliphatic heterocycles. The Kier molecular flexibility index (Phi) is 2.70. The molecule has 1 aromatic rings. The van der Waals surface area contributed by atoms with Gasteiger partial charge in [0.2, 0.25) is 0 Å². The molecule has 2 rings (SSSR count). The molecule has 2 atom stereocenters. The highest BCUT2D eigenvalue weighted by Gasteiger charge is 2.27. The quantitative estimate of drug-likeness (QED) is 0.463. The van der Waals surface area contributed by atoms with E-state index in [2.05, 4.69) is 0 Å². The third-order valence-electron chi connectivity index (χ3n) is 3.08. The molecule has 5 heteroatoms. The number of non-ortho nitro benzene ring substituents is 1. The van der Waals surface area contributed by atoms with E-state index in [1.54, 1.807) is 6.07 Å². The first-order valence-electron chi connectivity index (χ1n) is 5.11. The lowest BCUT2D eigenvalue weighted by Crippen LogP contribution is -2.28. The van der Waals surface area contributed by atoms with E-state index in [0.29, 0.717) is 0 Å². The SMILES string of the molecule is N[C@@H]1c2cc([N+](=O)[O-])ccc2CC[C@H]1C=O. The molecular weight excluding hydrogens is 208 g/mol. The molecule has 1 aromatic carbocycles. The number of carbonyl (C=O) groups excluding carboxylic acids is 1. The highest BCUT2D eigenvalue weighted by Crippen LogP contribution is 2.33. The monoisotopic (exact) mass is 220 g/mol. The van der Waals surface area contributed by atoms with Gasteiger partial charge in [-0.05, 0) is 24.0 Å². The van der Waals surface area contributed by atoms with Gasteiger partial charge in [-0.15, -0.1) is 0 Å². The fourth-order valence-corrected chi connectivity index (χ4v) is 2.12. The van der Waals surface area contributed by atoms with Gasteiger partial charge in [0.05, 0.1) is 4.92 Å². The van der Waals surface area contributed by atoms with Crippen molar-refractivity contribution in [3.05, 3.63) is 39.4 Å². The maximum Gasteiger partial charge on any atom is 0.269 e. The summed E-state index contributed by atoms with van der Waals surface area (Å²) in [6.07, 6.45) is 2.31. The standard InChI is InChI=1S/C11H12N2O3/c12-11-8(6-14)2-1-7-3-4-9(13(15)16)5-10(7)11/h3-6,8,11H,1-2,12H2/t8-,11-/m0/s1. The van der Waals surface area contributed by atoms with Crippen LogP contribution < -0.4 is 5.73 Å². The molecule has 0 spiro atoms. The van der Waals surface area contributed by atoms with Crippen molar-refractivity contribution in [1.82, 2.24) is 0 Å². The number of aldehydes is 1. The van der Waals surface area contributed by atoms with Crippen LogP contribution in [0.4, 0.5) is 5.69 Å². The predicted molar refractivity (Wildman–Crippen MR) is 57.9 cm³/mol. The maximum absolute atomic E-state index is 10.8. The maximum atomic E-state index is 10.8. The first-order chi connectivity index (χ1) is 7.63. The summed E-state index contributed by atoms with van der Waals surface area (Å²) in [5, 5.41) is 10.6. The summed E-state index contributed by atoms with van der Waals surface area (Å²) >= 11 is 0. The Bertz CT molecular complexity index is 445. The van der Waals surface area contributed by atoms with Crippen molar-refractivity contribution in [1.29, 1.82) is 0 Å². The van der Waals surface area contributed by atoms with Gasteiger partial charge in [-0.1, -0.05) is 6.07 Å². The summed E-state index contributed by atoms with van der Waals surface area (Å²) < 4.78 is 0. The molecule has 0 unspecified atom stereocenters. The number of nitro benzene ring substituents is 1. The third kappa shape index (κ3) is 1.69. The number of nitro groups is 1. The second kappa shape index (κ2) is 4.02. The lowest BCUT2D eigenvalue weighted by atomic mass is 9.81. The molecule has 0 fully saturated rings. The van der Waals surface area contributed by atoms with Gasteiger partial charge < -0.3 is 10.5 Å². The number of aryl methyl sites for hydroxylation is 1. The molecule has 0 saturated heterocycles. The smallest absolute Gasteiger partial charge is 0.269 e. The Morgan fingerprint density at radius 2 is 2.25 bits per heavy atom. The number of carbonyl (C=O) groups is 1. The normalized spacial score (nSPS) is 23.6. The molecule has 0 radical (unpaired) electrons. The Balaban J connectivity index is 2.44. The molecule has 5 nitrogen and oxygen atoms in total. The van der Waals surface area contributed by atoms with Crippen LogP contribution in [0.5, 0.6) is 0 Å². The number of hydrogen-bond acceptors (Lipinski definition) is 4. The number of benzene rings is 1. The number of rotatable bonds is 2. The van der Waals surface area contributed by atoms with Crippen LogP contribution in [-0.2, 0) is 11.2 Å². The van der Waals surface area contributed by atoms with Gasteiger partial charge in [0.25, 0.3) is 5.69 Å². The average molecular weight is 220 g/mol. The Morgan fingerprint density at radius 1 is 1.50 bits per heavy atom. The molecule has 16 heavy (non-hydrogen) atoms. The van der Waals surface area contributed by atoms with E-state index < -0.39 is 11.0 Å². The number of nitrogens with zero attached hydrogens (tertiary/aromatic N) is 1. The van der Waals surface area contributed by atoms with E-state index in [-0.39, 0.29) is 11.6 Å². The van der Waals surface area contributed by atoms with Crippen LogP contribution in [0.25, 0.3) is 0 Å². The van der Waals surface area contributed by atoms with Crippen molar-refractivity contribution < 1.29 is 9.72 Å². The first-order valence-corrected chi connectivity index (χ1v) is 5.11. The van der Waals surface area contributed by atoms with Crippen LogP contribution in [-0.4, -0.2) is 11.2 Å². The zero-order valence-corrected chi connectivity index (χ0v) is 8.63. The summed E-state index contributed by atoms with van der Waals surface area (Å²) in [7, 11) is 0. The Hall–Kier alpha value is -1.75. The first kappa shape index (κ1) is 10.8. The van der Waals surface area contributed by atoms with Crippen molar-refractivity contribution in [2.45, 2.75) is 18.9 Å². The lowest BCUT2D eigenvalue weighted by Gasteiger charge is -2.26. The van der Waals surface area contributed by atoms with Crippen molar-refractivity contribution in [2.75, 3.05) is 0 Å². The van der Waals surface area contributed by atoms with Crippen molar-refractivity contribution in [3.63, 3.8) is 0 Å². The fourth-order valence-electron chi connectivity index (χ4n) is 2.12. The van der Waals surface area contributed by atoms with Crippen molar-refractivity contribution in [3.8, 4) is 0 Å². The van der Waals surface area contributed by atoms with Crippen LogP contribution >= 0.6 is 0 Å². The highest BCUT2D eigenvalue weighted by molar-refractivity contribution is 5.58. The van der Waals surface area contributed by atoms with E-state index in [0.717, 1.165) is 30.3 Å². The lowest BCUT2D eigenvalue weighted by molar-refractivity contribution is -0.385. The Morgan fingerprint density at radius 3 is 2.88 bits per heavy atom. The minimum Gasteiger partial charge on any atom is -0.323 e. The summed E-state index contributed by atoms with van der Waals surface area (Å²) in [4.78, 5) is 21.0. The summed E-state index contributed by atoms with van der Waals surface area (Å²) in [6, 6.07) is 4.28. The van der Waals surface area contributed by atoms with Crippen LogP contribution in [0, 0.1) is 16.0 Å². The van der Waals surface area contributed by atoms with E-state index in [9.17, 15) is 14.9 Å².